The van der Waals surface area contributed by atoms with Crippen LogP contribution in [-0.2, 0) is 4.74 Å². The van der Waals surface area contributed by atoms with Gasteiger partial charge in [-0.25, -0.2) is 39.9 Å². The molecule has 6 aromatic carbocycles. The number of aliphatic hydroxyl groups is 1. The Morgan fingerprint density at radius 2 is 0.881 bits per heavy atom. The second-order valence-electron chi connectivity index (χ2n) is 27.5. The smallest absolute Gasteiger partial charge is 0.265 e. The molecule has 502 valence electrons. The van der Waals surface area contributed by atoms with E-state index in [1.54, 1.807) is 25.7 Å². The average Bonchev–Trinajstić information content (AvgIpc) is 1.63. The van der Waals surface area contributed by atoms with Gasteiger partial charge in [0.15, 0.2) is 0 Å². The van der Waals surface area contributed by atoms with Gasteiger partial charge in [-0.2, -0.15) is 0 Å². The monoisotopic (exact) mass is 1330 g/mol. The van der Waals surface area contributed by atoms with Crippen molar-refractivity contribution in [1.29, 1.82) is 0 Å². The number of nitrogens with zero attached hydrogens (tertiary/aromatic N) is 13. The molecule has 101 heavy (non-hydrogen) atoms. The van der Waals surface area contributed by atoms with Crippen molar-refractivity contribution >= 4 is 66.7 Å². The number of benzene rings is 6. The number of likely N-dealkylation sites (tertiary alicyclic amines) is 1. The molecule has 0 bridgehead atoms. The molecule has 0 unspecified atom stereocenters. The quantitative estimate of drug-likeness (QED) is 0.0563. The van der Waals surface area contributed by atoms with Crippen LogP contribution in [0.4, 0.5) is 17.5 Å². The molecule has 0 radical (unpaired) electrons. The molecule has 1 saturated heterocycles. The Morgan fingerprint density at radius 3 is 1.33 bits per heavy atom. The number of fused-ring (bicyclic) bond motifs is 6. The number of pyridine rings is 3. The number of anilines is 3. The SMILES string of the molecule is COC1CCC(c2nc(-c3ccc4ccc(-c5ccccc5)nc4c3)c3c(N)nccn23)CC1.Nc1nccn2c(C3CC(O)(CN4CCC4)C3)nc(-c3ccc4ccc(-c5ccccc5)nc4c3)c12.Nc1nccn2c(C3CCC3)nc(-c3ccc4ccc(-c5ccccc5)[n+](O)c4c3)c12. The van der Waals surface area contributed by atoms with Gasteiger partial charge in [-0.15, -0.1) is 0 Å². The first kappa shape index (κ1) is 63.0. The Morgan fingerprint density at radius 1 is 0.455 bits per heavy atom. The highest BCUT2D eigenvalue weighted by molar-refractivity contribution is 5.94. The zero-order valence-electron chi connectivity index (χ0n) is 56.1. The van der Waals surface area contributed by atoms with Crippen LogP contribution >= 0.6 is 0 Å². The lowest BCUT2D eigenvalue weighted by atomic mass is 9.70. The van der Waals surface area contributed by atoms with Gasteiger partial charge in [0.1, 0.15) is 68.6 Å². The van der Waals surface area contributed by atoms with Crippen LogP contribution in [-0.4, -0.2) is 107 Å². The molecule has 19 rings (SSSR count). The average molecular weight is 1330 g/mol. The van der Waals surface area contributed by atoms with Crippen molar-refractivity contribution in [3.8, 4) is 67.5 Å². The van der Waals surface area contributed by atoms with Crippen molar-refractivity contribution in [2.75, 3.05) is 43.9 Å². The third kappa shape index (κ3) is 11.9. The predicted octanol–water partition coefficient (Wildman–Crippen LogP) is 15.0. The fourth-order valence-corrected chi connectivity index (χ4v) is 15.4. The first-order chi connectivity index (χ1) is 49.5. The van der Waals surface area contributed by atoms with Gasteiger partial charge in [-0.3, -0.25) is 18.4 Å². The Balaban J connectivity index is 0.000000113. The van der Waals surface area contributed by atoms with E-state index >= 15 is 0 Å². The third-order valence-corrected chi connectivity index (χ3v) is 21.1. The Bertz CT molecular complexity index is 5580. The summed E-state index contributed by atoms with van der Waals surface area (Å²) >= 11 is 0. The zero-order valence-corrected chi connectivity index (χ0v) is 56.1. The normalized spacial score (nSPS) is 18.4. The second-order valence-corrected chi connectivity index (χ2v) is 27.5. The number of β-amino-alcohol motifs (C(OH)–C–C–N with tert-alkyl or cyclic N) is 1. The Kier molecular flexibility index (Phi) is 16.4. The number of nitrogens with two attached hydrogens (primary N) is 3. The van der Waals surface area contributed by atoms with E-state index in [1.807, 2.05) is 116 Å². The van der Waals surface area contributed by atoms with Crippen molar-refractivity contribution in [2.45, 2.75) is 93.7 Å². The molecule has 3 aliphatic carbocycles. The maximum absolute atomic E-state index is 11.0. The number of ether oxygens (including phenoxy) is 1. The van der Waals surface area contributed by atoms with Crippen molar-refractivity contribution in [3.05, 3.63) is 237 Å². The maximum Gasteiger partial charge on any atom is 0.265 e. The maximum atomic E-state index is 11.0. The number of nitrogen functional groups attached to an aromatic ring is 3. The molecule has 9 aromatic heterocycles. The highest BCUT2D eigenvalue weighted by Gasteiger charge is 2.47. The lowest BCUT2D eigenvalue weighted by Crippen LogP contribution is -2.54. The van der Waals surface area contributed by atoms with Crippen LogP contribution in [0.3, 0.4) is 0 Å². The summed E-state index contributed by atoms with van der Waals surface area (Å²) in [6, 6.07) is 61.2. The number of methoxy groups -OCH3 is 1. The minimum Gasteiger partial charge on any atom is -0.389 e. The lowest BCUT2D eigenvalue weighted by molar-refractivity contribution is -0.876. The topological polar surface area (TPSA) is 251 Å². The molecule has 1 aliphatic heterocycles. The van der Waals surface area contributed by atoms with Crippen LogP contribution in [0.15, 0.2) is 219 Å². The van der Waals surface area contributed by atoms with Gasteiger partial charge in [0.25, 0.3) is 11.2 Å². The van der Waals surface area contributed by atoms with Gasteiger partial charge < -0.3 is 31.9 Å². The fraction of sp³-hybridized carbons (Fsp3) is 0.232. The molecule has 3 saturated carbocycles. The van der Waals surface area contributed by atoms with E-state index in [1.165, 1.54) is 17.6 Å². The van der Waals surface area contributed by atoms with Gasteiger partial charge in [0.2, 0.25) is 0 Å². The van der Waals surface area contributed by atoms with Crippen molar-refractivity contribution in [2.24, 2.45) is 0 Å². The minimum absolute atomic E-state index is 0.183. The summed E-state index contributed by atoms with van der Waals surface area (Å²) in [5.41, 5.74) is 34.6. The second kappa shape index (κ2) is 26.3. The van der Waals surface area contributed by atoms with E-state index < -0.39 is 5.60 Å². The molecule has 0 amide bonds. The summed E-state index contributed by atoms with van der Waals surface area (Å²) in [6.07, 6.45) is 21.8. The molecule has 8 N–H and O–H groups in total. The van der Waals surface area contributed by atoms with Crippen LogP contribution in [0.2, 0.25) is 0 Å². The molecule has 19 heteroatoms. The molecular weight excluding hydrogens is 1260 g/mol. The largest absolute Gasteiger partial charge is 0.389 e. The van der Waals surface area contributed by atoms with E-state index in [2.05, 4.69) is 118 Å². The molecule has 10 heterocycles. The van der Waals surface area contributed by atoms with Gasteiger partial charge in [-0.1, -0.05) is 128 Å². The highest BCUT2D eigenvalue weighted by atomic mass is 16.5. The molecule has 0 spiro atoms. The van der Waals surface area contributed by atoms with E-state index in [9.17, 15) is 10.3 Å². The third-order valence-electron chi connectivity index (χ3n) is 21.1. The number of aromatic nitrogens is 12. The number of hydrogen-bond donors (Lipinski definition) is 5. The Hall–Kier alpha value is -11.5. The minimum atomic E-state index is -0.629. The van der Waals surface area contributed by atoms with Crippen LogP contribution in [0.5, 0.6) is 0 Å². The summed E-state index contributed by atoms with van der Waals surface area (Å²) in [6.45, 7) is 2.94. The van der Waals surface area contributed by atoms with Gasteiger partial charge in [0.05, 0.1) is 45.1 Å². The van der Waals surface area contributed by atoms with E-state index in [4.69, 9.17) is 46.9 Å². The van der Waals surface area contributed by atoms with Crippen LogP contribution in [0, 0.1) is 0 Å². The van der Waals surface area contributed by atoms with Crippen molar-refractivity contribution < 1.29 is 19.8 Å². The van der Waals surface area contributed by atoms with E-state index in [0.29, 0.717) is 53.8 Å². The van der Waals surface area contributed by atoms with Gasteiger partial charge in [0, 0.05) is 124 Å². The fourth-order valence-electron chi connectivity index (χ4n) is 15.4. The standard InChI is InChI=1S/C29H28N6O.C28H27N5O.C25H22N5O/c30-27-26-25(21-8-7-20-9-10-23(32-24(20)15-21)19-5-2-1-3-6-19)33-28(35(26)14-11-31-27)22-16-29(36,17-22)18-34-12-4-13-34;1-34-22-12-9-20(10-13-22)28-32-25(26-27(29)30-15-16-33(26)28)21-8-7-19-11-14-23(31-24(19)17-21)18-5-3-2-4-6-18;26-24-23-22(28-25(18-7-4-8-18)29(23)14-13-27-24)19-10-9-17-11-12-20(30(31)21(17)15-19)16-5-2-1-3-6-16/h1-3,5-11,14-15,22,36H,4,12-13,16-18H2,(H2,30,31);2-8,11,14-17,20,22H,9-10,12-13H2,1H3,(H2,29,30);1-3,5-6,9-15,18,31H,4,7-8H2,(H2,26,27)/q;;+1. The van der Waals surface area contributed by atoms with Crippen molar-refractivity contribution in [3.63, 3.8) is 0 Å². The number of imidazole rings is 3. The first-order valence-electron chi connectivity index (χ1n) is 35.0. The Labute approximate surface area is 583 Å². The van der Waals surface area contributed by atoms with E-state index in [0.717, 1.165) is 187 Å². The van der Waals surface area contributed by atoms with Gasteiger partial charge in [-0.05, 0) is 119 Å². The first-order valence-corrected chi connectivity index (χ1v) is 35.0. The summed E-state index contributed by atoms with van der Waals surface area (Å²) in [5, 5.41) is 25.2. The van der Waals surface area contributed by atoms with Gasteiger partial charge >= 0.3 is 0 Å². The molecule has 4 aliphatic rings. The van der Waals surface area contributed by atoms with Crippen LogP contribution in [0.25, 0.3) is 117 Å². The molecule has 19 nitrogen and oxygen atoms in total. The van der Waals surface area contributed by atoms with Crippen LogP contribution in [0.1, 0.15) is 99.4 Å². The zero-order chi connectivity index (χ0) is 68.3. The summed E-state index contributed by atoms with van der Waals surface area (Å²) in [4.78, 5) is 40.5. The van der Waals surface area contributed by atoms with E-state index in [-0.39, 0.29) is 5.92 Å². The summed E-state index contributed by atoms with van der Waals surface area (Å²) in [7, 11) is 1.80. The lowest BCUT2D eigenvalue weighted by Gasteiger charge is -2.47. The van der Waals surface area contributed by atoms with Crippen LogP contribution < -0.4 is 21.9 Å². The predicted molar refractivity (Wildman–Crippen MR) is 397 cm³/mol. The molecular formula is C82H77N16O3+. The molecule has 15 aromatic rings. The summed E-state index contributed by atoms with van der Waals surface area (Å²) in [5.74, 6) is 5.45. The van der Waals surface area contributed by atoms with Crippen molar-refractivity contribution in [1.82, 2.24) is 58.0 Å². The number of rotatable bonds is 12. The number of hydrogen-bond acceptors (Lipinski definition) is 15. The molecule has 0 atom stereocenters. The molecule has 4 fully saturated rings. The highest BCUT2D eigenvalue weighted by Crippen LogP contribution is 2.47. The summed E-state index contributed by atoms with van der Waals surface area (Å²) < 4.78 is 13.1.